The summed E-state index contributed by atoms with van der Waals surface area (Å²) in [6, 6.07) is 8.30. The Morgan fingerprint density at radius 1 is 1.32 bits per heavy atom. The number of aromatic nitrogens is 3. The second-order valence-corrected chi connectivity index (χ2v) is 7.55. The highest BCUT2D eigenvalue weighted by Gasteiger charge is 2.35. The number of nitrogens with one attached hydrogen (secondary N) is 1. The van der Waals surface area contributed by atoms with E-state index in [0.717, 1.165) is 17.8 Å². The Labute approximate surface area is 162 Å². The molecule has 3 heterocycles. The second kappa shape index (κ2) is 6.93. The van der Waals surface area contributed by atoms with Crippen molar-refractivity contribution in [2.45, 2.75) is 31.7 Å². The molecule has 1 aromatic carbocycles. The third-order valence-corrected chi connectivity index (χ3v) is 5.47. The predicted molar refractivity (Wildman–Crippen MR) is 98.8 cm³/mol. The van der Waals surface area contributed by atoms with Crippen LogP contribution in [0, 0.1) is 0 Å². The van der Waals surface area contributed by atoms with Crippen LogP contribution in [0.3, 0.4) is 0 Å². The number of carbonyl (C=O) groups is 1. The smallest absolute Gasteiger partial charge is 0.410 e. The van der Waals surface area contributed by atoms with Crippen LogP contribution in [-0.4, -0.2) is 32.5 Å². The molecular formula is C18H16F2N4O3S. The summed E-state index contributed by atoms with van der Waals surface area (Å²) >= 11 is 1.04. The van der Waals surface area contributed by atoms with Gasteiger partial charge in [0.05, 0.1) is 6.04 Å². The molecule has 1 fully saturated rings. The Morgan fingerprint density at radius 3 is 2.79 bits per heavy atom. The van der Waals surface area contributed by atoms with Crippen LogP contribution in [0.15, 0.2) is 35.1 Å². The molecule has 1 saturated heterocycles. The average Bonchev–Trinajstić information content (AvgIpc) is 3.28. The summed E-state index contributed by atoms with van der Waals surface area (Å²) in [5.74, 6) is -3.54. The van der Waals surface area contributed by atoms with E-state index in [1.54, 1.807) is 24.3 Å². The first-order chi connectivity index (χ1) is 13.3. The Morgan fingerprint density at radius 2 is 2.07 bits per heavy atom. The van der Waals surface area contributed by atoms with Gasteiger partial charge in [-0.2, -0.15) is 8.78 Å². The lowest BCUT2D eigenvalue weighted by atomic mass is 10.2. The van der Waals surface area contributed by atoms with Gasteiger partial charge in [0, 0.05) is 13.5 Å². The zero-order chi connectivity index (χ0) is 19.9. The summed E-state index contributed by atoms with van der Waals surface area (Å²) in [5.41, 5.74) is -0.725. The number of fused-ring (bicyclic) bond motifs is 1. The van der Waals surface area contributed by atoms with Crippen LogP contribution in [0.2, 0.25) is 0 Å². The predicted octanol–water partition coefficient (Wildman–Crippen LogP) is 3.83. The van der Waals surface area contributed by atoms with Gasteiger partial charge in [-0.3, -0.25) is 9.69 Å². The number of aromatic amines is 1. The number of likely N-dealkylation sites (tertiary alicyclic amines) is 1. The highest BCUT2D eigenvalue weighted by Crippen LogP contribution is 2.36. The first-order valence-corrected chi connectivity index (χ1v) is 9.47. The Balaban J connectivity index is 1.64. The van der Waals surface area contributed by atoms with E-state index in [2.05, 4.69) is 15.0 Å². The van der Waals surface area contributed by atoms with Gasteiger partial charge in [0.2, 0.25) is 0 Å². The molecule has 4 rings (SSSR count). The number of halogens is 2. The minimum atomic E-state index is -3.27. The van der Waals surface area contributed by atoms with Gasteiger partial charge < -0.3 is 9.72 Å². The third-order valence-electron chi connectivity index (χ3n) is 4.42. The quantitative estimate of drug-likeness (QED) is 0.714. The molecule has 28 heavy (non-hydrogen) atoms. The molecule has 0 aliphatic carbocycles. The van der Waals surface area contributed by atoms with Gasteiger partial charge in [-0.15, -0.1) is 0 Å². The fourth-order valence-corrected chi connectivity index (χ4v) is 4.18. The fraction of sp³-hybridized carbons (Fsp3) is 0.333. The Bertz CT molecular complexity index is 1080. The second-order valence-electron chi connectivity index (χ2n) is 6.54. The van der Waals surface area contributed by atoms with Crippen molar-refractivity contribution in [1.29, 1.82) is 0 Å². The van der Waals surface area contributed by atoms with Crippen molar-refractivity contribution in [2.24, 2.45) is 0 Å². The number of benzene rings is 1. The van der Waals surface area contributed by atoms with Gasteiger partial charge >= 0.3 is 12.0 Å². The van der Waals surface area contributed by atoms with E-state index in [4.69, 9.17) is 4.74 Å². The maximum atomic E-state index is 13.5. The van der Waals surface area contributed by atoms with Gasteiger partial charge in [-0.05, 0) is 25.0 Å². The van der Waals surface area contributed by atoms with Crippen molar-refractivity contribution in [3.05, 3.63) is 51.5 Å². The summed E-state index contributed by atoms with van der Waals surface area (Å²) in [6.07, 6.45) is 0.862. The summed E-state index contributed by atoms with van der Waals surface area (Å²) < 4.78 is 32.4. The Kier molecular flexibility index (Phi) is 4.58. The van der Waals surface area contributed by atoms with Gasteiger partial charge in [-0.1, -0.05) is 29.5 Å². The van der Waals surface area contributed by atoms with Crippen LogP contribution >= 0.6 is 11.3 Å². The molecule has 1 aliphatic rings. The zero-order valence-corrected chi connectivity index (χ0v) is 15.6. The minimum absolute atomic E-state index is 0.00345. The van der Waals surface area contributed by atoms with E-state index in [9.17, 15) is 18.4 Å². The monoisotopic (exact) mass is 406 g/mol. The summed E-state index contributed by atoms with van der Waals surface area (Å²) in [5, 5.41) is 0.479. The number of thiazole rings is 1. The van der Waals surface area contributed by atoms with E-state index < -0.39 is 23.4 Å². The zero-order valence-electron chi connectivity index (χ0n) is 14.8. The first kappa shape index (κ1) is 18.5. The van der Waals surface area contributed by atoms with Gasteiger partial charge in [0.1, 0.15) is 10.8 Å². The normalized spacial score (nSPS) is 17.2. The van der Waals surface area contributed by atoms with E-state index >= 15 is 0 Å². The lowest BCUT2D eigenvalue weighted by Crippen LogP contribution is -2.33. The van der Waals surface area contributed by atoms with E-state index in [1.165, 1.54) is 4.90 Å². The molecule has 0 bridgehead atoms. The molecule has 0 spiro atoms. The molecule has 0 unspecified atom stereocenters. The average molecular weight is 406 g/mol. The number of H-pyrrole nitrogens is 1. The molecule has 1 N–H and O–H groups in total. The molecule has 1 aliphatic heterocycles. The molecule has 10 heteroatoms. The number of rotatable bonds is 3. The molecule has 3 aromatic rings. The highest BCUT2D eigenvalue weighted by molar-refractivity contribution is 7.18. The van der Waals surface area contributed by atoms with Crippen molar-refractivity contribution < 1.29 is 18.3 Å². The highest BCUT2D eigenvalue weighted by atomic mass is 32.1. The van der Waals surface area contributed by atoms with Gasteiger partial charge in [0.15, 0.2) is 16.2 Å². The number of hydrogen-bond acceptors (Lipinski definition) is 6. The summed E-state index contributed by atoms with van der Waals surface area (Å²) in [7, 11) is 0. The van der Waals surface area contributed by atoms with Crippen molar-refractivity contribution >= 4 is 27.8 Å². The molecule has 0 saturated carbocycles. The Hall–Kier alpha value is -2.88. The van der Waals surface area contributed by atoms with E-state index in [0.29, 0.717) is 30.6 Å². The lowest BCUT2D eigenvalue weighted by molar-refractivity contribution is 0.00787. The maximum Gasteiger partial charge on any atom is 0.415 e. The number of carbonyl (C=O) groups excluding carboxylic acids is 1. The van der Waals surface area contributed by atoms with Gasteiger partial charge in [0.25, 0.3) is 5.56 Å². The third kappa shape index (κ3) is 3.47. The van der Waals surface area contributed by atoms with Gasteiger partial charge in [-0.25, -0.2) is 14.8 Å². The van der Waals surface area contributed by atoms with Crippen LogP contribution in [0.5, 0.6) is 5.75 Å². The van der Waals surface area contributed by atoms with Crippen LogP contribution in [0.1, 0.15) is 36.6 Å². The van der Waals surface area contributed by atoms with Crippen molar-refractivity contribution in [2.75, 3.05) is 6.54 Å². The molecule has 146 valence electrons. The number of hydrogen-bond donors (Lipinski definition) is 1. The number of nitrogens with zero attached hydrogens (tertiary/aromatic N) is 3. The van der Waals surface area contributed by atoms with Crippen LogP contribution in [0.25, 0.3) is 10.3 Å². The molecule has 2 aromatic heterocycles. The molecule has 0 radical (unpaired) electrons. The van der Waals surface area contributed by atoms with E-state index in [1.807, 2.05) is 6.07 Å². The van der Waals surface area contributed by atoms with Crippen LogP contribution < -0.4 is 10.3 Å². The van der Waals surface area contributed by atoms with Crippen molar-refractivity contribution in [1.82, 2.24) is 19.9 Å². The number of alkyl halides is 2. The first-order valence-electron chi connectivity index (χ1n) is 8.65. The standard InChI is InChI=1S/C18H16F2N4O3S/c1-18(19,20)16-22-13(25)12-15(23-16)28-14(21-12)11-8-5-9-24(11)17(26)27-10-6-3-2-4-7-10/h2-4,6-7,11H,5,8-9H2,1H3,(H,22,23,25)/t11-/m1/s1. The number of amides is 1. The lowest BCUT2D eigenvalue weighted by Gasteiger charge is -2.22. The molecular weight excluding hydrogens is 390 g/mol. The van der Waals surface area contributed by atoms with Crippen LogP contribution in [-0.2, 0) is 5.92 Å². The van der Waals surface area contributed by atoms with Crippen LogP contribution in [0.4, 0.5) is 13.6 Å². The largest absolute Gasteiger partial charge is 0.415 e. The summed E-state index contributed by atoms with van der Waals surface area (Å²) in [4.78, 5) is 36.6. The minimum Gasteiger partial charge on any atom is -0.410 e. The number of para-hydroxylation sites is 1. The van der Waals surface area contributed by atoms with Crippen molar-refractivity contribution in [3.63, 3.8) is 0 Å². The summed E-state index contributed by atoms with van der Waals surface area (Å²) in [6.45, 7) is 1.14. The molecule has 7 nitrogen and oxygen atoms in total. The van der Waals surface area contributed by atoms with Crippen molar-refractivity contribution in [3.8, 4) is 5.75 Å². The number of ether oxygens (including phenoxy) is 1. The topological polar surface area (TPSA) is 88.2 Å². The SMILES string of the molecule is CC(F)(F)c1nc2sc([C@H]3CCCN3C(=O)Oc3ccccc3)nc2c(=O)[nH]1. The molecule has 1 amide bonds. The fourth-order valence-electron chi connectivity index (χ4n) is 3.09. The maximum absolute atomic E-state index is 13.5. The van der Waals surface area contributed by atoms with E-state index in [-0.39, 0.29) is 16.4 Å². The molecule has 1 atom stereocenters.